The Labute approximate surface area is 173 Å². The SMILES string of the molecule is C=[N+]1C=CC(=C2C=CCC(C)[CH+]2)C2=CC=C3C(=C4C=CC=C[CH-]4)C=C[N+](=C)[C-]3[C-]21. The van der Waals surface area contributed by atoms with Crippen LogP contribution < -0.4 is 0 Å². The van der Waals surface area contributed by atoms with Gasteiger partial charge >= 0.3 is 0 Å². The molecule has 0 spiro atoms. The summed E-state index contributed by atoms with van der Waals surface area (Å²) in [5, 5.41) is 0. The molecule has 5 rings (SSSR count). The van der Waals surface area contributed by atoms with Crippen molar-refractivity contribution in [3.63, 3.8) is 0 Å². The normalized spacial score (nSPS) is 29.9. The highest BCUT2D eigenvalue weighted by Gasteiger charge is 2.41. The van der Waals surface area contributed by atoms with Crippen LogP contribution in [0.2, 0.25) is 0 Å². The third-order valence-corrected chi connectivity index (χ3v) is 5.81. The second-order valence-electron chi connectivity index (χ2n) is 7.86. The molecule has 0 saturated carbocycles. The van der Waals surface area contributed by atoms with Gasteiger partial charge in [-0.15, -0.1) is 48.5 Å². The third kappa shape index (κ3) is 2.89. The highest BCUT2D eigenvalue weighted by Crippen LogP contribution is 2.48. The molecule has 0 radical (unpaired) electrons. The lowest BCUT2D eigenvalue weighted by atomic mass is 9.75. The van der Waals surface area contributed by atoms with Crippen LogP contribution in [0.15, 0.2) is 107 Å². The number of fused-ring (bicyclic) bond motifs is 3. The molecule has 0 saturated heterocycles. The molecular weight excluding hydrogens is 352 g/mol. The summed E-state index contributed by atoms with van der Waals surface area (Å²) in [5.41, 5.74) is 7.31. The molecule has 0 aromatic rings. The fraction of sp³-hybridized carbons (Fsp3) is 0.111. The summed E-state index contributed by atoms with van der Waals surface area (Å²) in [6, 6.07) is 2.19. The molecule has 1 unspecified atom stereocenters. The van der Waals surface area contributed by atoms with Gasteiger partial charge in [0, 0.05) is 18.4 Å². The monoisotopic (exact) mass is 376 g/mol. The molecule has 29 heavy (non-hydrogen) atoms. The summed E-state index contributed by atoms with van der Waals surface area (Å²) in [6.45, 7) is 10.8. The maximum Gasteiger partial charge on any atom is 0.177 e. The summed E-state index contributed by atoms with van der Waals surface area (Å²) >= 11 is 0. The van der Waals surface area contributed by atoms with Gasteiger partial charge in [-0.1, -0.05) is 28.9 Å². The van der Waals surface area contributed by atoms with Crippen molar-refractivity contribution in [2.75, 3.05) is 0 Å². The fourth-order valence-electron chi connectivity index (χ4n) is 4.39. The van der Waals surface area contributed by atoms with Gasteiger partial charge < -0.3 is 0 Å². The highest BCUT2D eigenvalue weighted by atomic mass is 15.1. The van der Waals surface area contributed by atoms with Crippen LogP contribution in [0, 0.1) is 30.8 Å². The molecule has 0 fully saturated rings. The van der Waals surface area contributed by atoms with Crippen molar-refractivity contribution in [1.29, 1.82) is 0 Å². The minimum atomic E-state index is 0.556. The standard InChI is InChI=1S/C27H24N2/c1-19-8-7-11-21(18-19)23-15-17-29(3)27-25(23)13-12-24-22(14-16-28(2)26(24)27)20-9-5-4-6-10-20/h4-7,9-19H,2-3,8H2,1H3. The van der Waals surface area contributed by atoms with E-state index < -0.39 is 0 Å². The van der Waals surface area contributed by atoms with Crippen LogP contribution in [-0.4, -0.2) is 22.6 Å². The number of nitrogens with zero attached hydrogens (tertiary/aromatic N) is 2. The molecule has 142 valence electrons. The lowest BCUT2D eigenvalue weighted by Gasteiger charge is -2.40. The lowest BCUT2D eigenvalue weighted by molar-refractivity contribution is -0.497. The summed E-state index contributed by atoms with van der Waals surface area (Å²) in [6.07, 6.45) is 31.4. The zero-order chi connectivity index (χ0) is 20.0. The van der Waals surface area contributed by atoms with E-state index in [9.17, 15) is 0 Å². The summed E-state index contributed by atoms with van der Waals surface area (Å²) in [7, 11) is 0. The Bertz CT molecular complexity index is 1080. The quantitative estimate of drug-likeness (QED) is 0.409. The van der Waals surface area contributed by atoms with Gasteiger partial charge in [-0.25, -0.2) is 0 Å². The van der Waals surface area contributed by atoms with Crippen molar-refractivity contribution < 1.29 is 9.15 Å². The van der Waals surface area contributed by atoms with Crippen molar-refractivity contribution in [3.8, 4) is 0 Å². The van der Waals surface area contributed by atoms with E-state index in [1.54, 1.807) is 0 Å². The average molecular weight is 377 g/mol. The predicted molar refractivity (Wildman–Crippen MR) is 120 cm³/mol. The molecule has 0 bridgehead atoms. The molecule has 0 N–H and O–H groups in total. The summed E-state index contributed by atoms with van der Waals surface area (Å²) in [4.78, 5) is 0. The van der Waals surface area contributed by atoms with Crippen LogP contribution in [0.5, 0.6) is 0 Å². The molecule has 1 atom stereocenters. The molecule has 2 heteroatoms. The van der Waals surface area contributed by atoms with Crippen LogP contribution in [0.25, 0.3) is 0 Å². The van der Waals surface area contributed by atoms with E-state index in [-0.39, 0.29) is 0 Å². The van der Waals surface area contributed by atoms with E-state index in [1.807, 2.05) is 21.4 Å². The first-order valence-electron chi connectivity index (χ1n) is 10.0. The van der Waals surface area contributed by atoms with Gasteiger partial charge in [-0.05, 0) is 25.0 Å². The smallest absolute Gasteiger partial charge is 0.177 e. The van der Waals surface area contributed by atoms with E-state index in [1.165, 1.54) is 33.4 Å². The molecule has 2 heterocycles. The summed E-state index contributed by atoms with van der Waals surface area (Å²) < 4.78 is 3.93. The van der Waals surface area contributed by atoms with E-state index in [0.29, 0.717) is 5.92 Å². The Kier molecular flexibility index (Phi) is 4.13. The third-order valence-electron chi connectivity index (χ3n) is 5.81. The van der Waals surface area contributed by atoms with Gasteiger partial charge in [0.05, 0.1) is 19.0 Å². The maximum absolute atomic E-state index is 4.28. The predicted octanol–water partition coefficient (Wildman–Crippen LogP) is 5.12. The Morgan fingerprint density at radius 3 is 2.31 bits per heavy atom. The Balaban J connectivity index is 1.66. The topological polar surface area (TPSA) is 6.02 Å². The first-order valence-corrected chi connectivity index (χ1v) is 10.0. The zero-order valence-electron chi connectivity index (χ0n) is 16.7. The van der Waals surface area contributed by atoms with Gasteiger partial charge in [-0.2, -0.15) is 0 Å². The van der Waals surface area contributed by atoms with Crippen LogP contribution in [-0.2, 0) is 0 Å². The van der Waals surface area contributed by atoms with E-state index >= 15 is 0 Å². The van der Waals surface area contributed by atoms with Crippen LogP contribution in [0.3, 0.4) is 0 Å². The van der Waals surface area contributed by atoms with Gasteiger partial charge in [0.1, 0.15) is 12.4 Å². The minimum absolute atomic E-state index is 0.556. The van der Waals surface area contributed by atoms with Crippen LogP contribution in [0.1, 0.15) is 13.3 Å². The largest absolute Gasteiger partial charge is 0.272 e. The second-order valence-corrected chi connectivity index (χ2v) is 7.86. The fourth-order valence-corrected chi connectivity index (χ4v) is 4.39. The van der Waals surface area contributed by atoms with Crippen LogP contribution >= 0.6 is 0 Å². The van der Waals surface area contributed by atoms with Crippen molar-refractivity contribution >= 4 is 13.4 Å². The molecule has 0 aromatic carbocycles. The van der Waals surface area contributed by atoms with Crippen LogP contribution in [0.4, 0.5) is 0 Å². The van der Waals surface area contributed by atoms with E-state index in [0.717, 1.165) is 18.5 Å². The number of hydrogen-bond acceptors (Lipinski definition) is 0. The number of rotatable bonds is 0. The maximum atomic E-state index is 4.28. The van der Waals surface area contributed by atoms with Crippen molar-refractivity contribution in [2.24, 2.45) is 5.92 Å². The van der Waals surface area contributed by atoms with E-state index in [4.69, 9.17) is 0 Å². The van der Waals surface area contributed by atoms with Crippen molar-refractivity contribution in [1.82, 2.24) is 0 Å². The minimum Gasteiger partial charge on any atom is -0.272 e. The first-order chi connectivity index (χ1) is 14.1. The first kappa shape index (κ1) is 17.6. The Morgan fingerprint density at radius 1 is 0.966 bits per heavy atom. The number of hydrogen-bond donors (Lipinski definition) is 0. The van der Waals surface area contributed by atoms with Crippen molar-refractivity contribution in [3.05, 3.63) is 132 Å². The van der Waals surface area contributed by atoms with Gasteiger partial charge in [0.15, 0.2) is 12.1 Å². The molecule has 0 amide bonds. The van der Waals surface area contributed by atoms with Gasteiger partial charge in [0.2, 0.25) is 0 Å². The summed E-state index contributed by atoms with van der Waals surface area (Å²) in [5.74, 6) is 0.556. The Hall–Kier alpha value is -3.52. The molecular formula is C27H24N2. The lowest BCUT2D eigenvalue weighted by Crippen LogP contribution is -2.36. The van der Waals surface area contributed by atoms with Gasteiger partial charge in [0.25, 0.3) is 0 Å². The molecule has 2 aliphatic heterocycles. The molecule has 0 aromatic heterocycles. The van der Waals surface area contributed by atoms with E-state index in [2.05, 4.69) is 94.1 Å². The number of allylic oxidation sites excluding steroid dienone is 12. The highest BCUT2D eigenvalue weighted by molar-refractivity contribution is 5.70. The molecule has 3 aliphatic carbocycles. The second kappa shape index (κ2) is 6.82. The van der Waals surface area contributed by atoms with Crippen molar-refractivity contribution in [2.45, 2.75) is 13.3 Å². The van der Waals surface area contributed by atoms with Gasteiger partial charge in [-0.3, -0.25) is 9.15 Å². The average Bonchev–Trinajstić information content (AvgIpc) is 2.74. The Morgan fingerprint density at radius 2 is 1.66 bits per heavy atom. The zero-order valence-corrected chi connectivity index (χ0v) is 16.7. The molecule has 2 nitrogen and oxygen atoms in total. The molecule has 5 aliphatic rings.